The number of hydrogen-bond donors (Lipinski definition) is 2. The summed E-state index contributed by atoms with van der Waals surface area (Å²) < 4.78 is 3.47. The fourth-order valence-corrected chi connectivity index (χ4v) is 4.74. The summed E-state index contributed by atoms with van der Waals surface area (Å²) in [5.74, 6) is 0.857. The molecule has 1 aliphatic rings. The van der Waals surface area contributed by atoms with E-state index in [1.54, 1.807) is 18.1 Å². The summed E-state index contributed by atoms with van der Waals surface area (Å²) in [5, 5.41) is 2.21. The van der Waals surface area contributed by atoms with Crippen LogP contribution in [0.4, 0.5) is 0 Å². The second kappa shape index (κ2) is 7.83. The minimum atomic E-state index is 0.654. The first-order chi connectivity index (χ1) is 12.6. The maximum absolute atomic E-state index is 6.29. The van der Waals surface area contributed by atoms with Gasteiger partial charge in [-0.15, -0.1) is 0 Å². The van der Waals surface area contributed by atoms with E-state index in [-0.39, 0.29) is 0 Å². The molecule has 0 saturated carbocycles. The van der Waals surface area contributed by atoms with Gasteiger partial charge in [0.05, 0.1) is 15.6 Å². The first kappa shape index (κ1) is 18.2. The molecular weight excluding hydrogens is 385 g/mol. The van der Waals surface area contributed by atoms with Crippen LogP contribution in [-0.2, 0) is 0 Å². The molecule has 2 aromatic carbocycles. The zero-order valence-corrected chi connectivity index (χ0v) is 16.9. The highest BCUT2D eigenvalue weighted by Crippen LogP contribution is 2.37. The lowest BCUT2D eigenvalue weighted by Gasteiger charge is -2.36. The first-order valence-corrected chi connectivity index (χ1v) is 10.3. The van der Waals surface area contributed by atoms with Gasteiger partial charge in [-0.25, -0.2) is 0 Å². The van der Waals surface area contributed by atoms with Gasteiger partial charge in [-0.05, 0) is 55.1 Å². The highest BCUT2D eigenvalue weighted by atomic mass is 35.5. The Labute approximate surface area is 168 Å². The number of aromatic amines is 1. The predicted octanol–water partition coefficient (Wildman–Crippen LogP) is 5.69. The molecule has 3 aromatic rings. The topological polar surface area (TPSA) is 31.1 Å². The third kappa shape index (κ3) is 3.75. The van der Waals surface area contributed by atoms with E-state index in [1.807, 2.05) is 12.1 Å². The summed E-state index contributed by atoms with van der Waals surface area (Å²) in [6.45, 7) is 3.52. The molecule has 1 fully saturated rings. The standard InChI is InChI=1S/C20H21Cl2N3S/c1-25-11-13(12-25)8-9-24-26-15-4-2-14(3-5-15)16-6-7-17(21)19-18(22)10-23-20(16)19/h2-7,10,13,23-24H,8-9,11-12H2,1H3. The largest absolute Gasteiger partial charge is 0.359 e. The molecule has 0 bridgehead atoms. The zero-order chi connectivity index (χ0) is 18.1. The lowest BCUT2D eigenvalue weighted by Crippen LogP contribution is -2.44. The summed E-state index contributed by atoms with van der Waals surface area (Å²) in [5.41, 5.74) is 3.23. The van der Waals surface area contributed by atoms with E-state index in [4.69, 9.17) is 23.2 Å². The maximum atomic E-state index is 6.29. The number of hydrogen-bond acceptors (Lipinski definition) is 3. The van der Waals surface area contributed by atoms with Gasteiger partial charge in [0.1, 0.15) is 0 Å². The quantitative estimate of drug-likeness (QED) is 0.407. The maximum Gasteiger partial charge on any atom is 0.0674 e. The average Bonchev–Trinajstić information content (AvgIpc) is 3.01. The van der Waals surface area contributed by atoms with Gasteiger partial charge in [0.2, 0.25) is 0 Å². The minimum absolute atomic E-state index is 0.654. The summed E-state index contributed by atoms with van der Waals surface area (Å²) in [4.78, 5) is 6.82. The highest BCUT2D eigenvalue weighted by Gasteiger charge is 2.22. The van der Waals surface area contributed by atoms with Gasteiger partial charge in [0.15, 0.2) is 0 Å². The Morgan fingerprint density at radius 3 is 2.62 bits per heavy atom. The molecular formula is C20H21Cl2N3S. The van der Waals surface area contributed by atoms with E-state index in [0.717, 1.165) is 34.5 Å². The van der Waals surface area contributed by atoms with Gasteiger partial charge in [0.25, 0.3) is 0 Å². The van der Waals surface area contributed by atoms with E-state index in [9.17, 15) is 0 Å². The second-order valence-corrected chi connectivity index (χ2v) is 8.66. The molecule has 0 spiro atoms. The number of nitrogens with zero attached hydrogens (tertiary/aromatic N) is 1. The monoisotopic (exact) mass is 405 g/mol. The Balaban J connectivity index is 1.41. The van der Waals surface area contributed by atoms with Crippen molar-refractivity contribution in [3.05, 3.63) is 52.6 Å². The molecule has 0 atom stereocenters. The lowest BCUT2D eigenvalue weighted by atomic mass is 9.98. The average molecular weight is 406 g/mol. The lowest BCUT2D eigenvalue weighted by molar-refractivity contribution is 0.128. The Morgan fingerprint density at radius 1 is 1.12 bits per heavy atom. The van der Waals surface area contributed by atoms with Gasteiger partial charge in [-0.1, -0.05) is 41.4 Å². The van der Waals surface area contributed by atoms with Crippen molar-refractivity contribution < 1.29 is 0 Å². The molecule has 6 heteroatoms. The van der Waals surface area contributed by atoms with Gasteiger partial charge in [-0.3, -0.25) is 4.72 Å². The van der Waals surface area contributed by atoms with Gasteiger partial charge < -0.3 is 9.88 Å². The van der Waals surface area contributed by atoms with Crippen LogP contribution < -0.4 is 4.72 Å². The molecule has 0 radical (unpaired) electrons. The Hall–Kier alpha value is -1.17. The minimum Gasteiger partial charge on any atom is -0.359 e. The van der Waals surface area contributed by atoms with Crippen molar-refractivity contribution in [3.63, 3.8) is 0 Å². The number of halogens is 2. The van der Waals surface area contributed by atoms with Crippen molar-refractivity contribution >= 4 is 46.1 Å². The van der Waals surface area contributed by atoms with Crippen molar-refractivity contribution in [3.8, 4) is 11.1 Å². The SMILES string of the molecule is CN1CC(CCNSc2ccc(-c3ccc(Cl)c4c(Cl)c[nH]c34)cc2)C1. The molecule has 1 saturated heterocycles. The van der Waals surface area contributed by atoms with Crippen LogP contribution in [0.5, 0.6) is 0 Å². The number of likely N-dealkylation sites (tertiary alicyclic amines) is 1. The van der Waals surface area contributed by atoms with E-state index in [1.165, 1.54) is 24.4 Å². The summed E-state index contributed by atoms with van der Waals surface area (Å²) >= 11 is 14.2. The Kier molecular flexibility index (Phi) is 5.48. The molecule has 0 amide bonds. The van der Waals surface area contributed by atoms with Crippen LogP contribution in [-0.4, -0.2) is 36.6 Å². The molecule has 1 aliphatic heterocycles. The van der Waals surface area contributed by atoms with E-state index in [2.05, 4.69) is 45.9 Å². The van der Waals surface area contributed by atoms with Crippen molar-refractivity contribution in [1.82, 2.24) is 14.6 Å². The van der Waals surface area contributed by atoms with Crippen LogP contribution in [0, 0.1) is 5.92 Å². The summed E-state index contributed by atoms with van der Waals surface area (Å²) in [6.07, 6.45) is 3.03. The van der Waals surface area contributed by atoms with E-state index >= 15 is 0 Å². The van der Waals surface area contributed by atoms with Crippen LogP contribution in [0.25, 0.3) is 22.0 Å². The van der Waals surface area contributed by atoms with Crippen molar-refractivity contribution in [1.29, 1.82) is 0 Å². The summed E-state index contributed by atoms with van der Waals surface area (Å²) in [7, 11) is 2.18. The van der Waals surface area contributed by atoms with Crippen LogP contribution in [0.3, 0.4) is 0 Å². The van der Waals surface area contributed by atoms with Crippen molar-refractivity contribution in [2.75, 3.05) is 26.7 Å². The third-order valence-electron chi connectivity index (χ3n) is 4.89. The van der Waals surface area contributed by atoms with Crippen LogP contribution in [0.1, 0.15) is 6.42 Å². The van der Waals surface area contributed by atoms with Crippen LogP contribution in [0.2, 0.25) is 10.0 Å². The third-order valence-corrected chi connectivity index (χ3v) is 6.36. The smallest absolute Gasteiger partial charge is 0.0674 e. The number of nitrogens with one attached hydrogen (secondary N) is 2. The number of fused-ring (bicyclic) bond motifs is 1. The molecule has 2 N–H and O–H groups in total. The molecule has 4 rings (SSSR count). The van der Waals surface area contributed by atoms with Gasteiger partial charge >= 0.3 is 0 Å². The van der Waals surface area contributed by atoms with Crippen molar-refractivity contribution in [2.24, 2.45) is 5.92 Å². The predicted molar refractivity (Wildman–Crippen MR) is 113 cm³/mol. The number of rotatable bonds is 6. The number of aromatic nitrogens is 1. The van der Waals surface area contributed by atoms with Crippen LogP contribution >= 0.6 is 35.1 Å². The zero-order valence-electron chi connectivity index (χ0n) is 14.6. The molecule has 2 heterocycles. The molecule has 0 aliphatic carbocycles. The first-order valence-electron chi connectivity index (χ1n) is 8.75. The van der Waals surface area contributed by atoms with Crippen LogP contribution in [0.15, 0.2) is 47.5 Å². The fourth-order valence-electron chi connectivity index (χ4n) is 3.52. The fraction of sp³-hybridized carbons (Fsp3) is 0.300. The van der Waals surface area contributed by atoms with E-state index < -0.39 is 0 Å². The molecule has 1 aromatic heterocycles. The second-order valence-electron chi connectivity index (χ2n) is 6.88. The molecule has 136 valence electrons. The number of benzene rings is 2. The summed E-state index contributed by atoms with van der Waals surface area (Å²) in [6, 6.07) is 12.5. The highest BCUT2D eigenvalue weighted by molar-refractivity contribution is 7.97. The molecule has 0 unspecified atom stereocenters. The molecule has 26 heavy (non-hydrogen) atoms. The van der Waals surface area contributed by atoms with Gasteiger partial charge in [0, 0.05) is 41.7 Å². The Morgan fingerprint density at radius 2 is 1.88 bits per heavy atom. The number of H-pyrrole nitrogens is 1. The van der Waals surface area contributed by atoms with Gasteiger partial charge in [-0.2, -0.15) is 0 Å². The van der Waals surface area contributed by atoms with Crippen molar-refractivity contribution in [2.45, 2.75) is 11.3 Å². The van der Waals surface area contributed by atoms with E-state index in [0.29, 0.717) is 10.0 Å². The molecule has 3 nitrogen and oxygen atoms in total. The Bertz CT molecular complexity index is 901. The normalized spacial score (nSPS) is 15.5.